The summed E-state index contributed by atoms with van der Waals surface area (Å²) in [6.07, 6.45) is 4.64. The Morgan fingerprint density at radius 1 is 1.38 bits per heavy atom. The largest absolute Gasteiger partial charge is 0.465 e. The van der Waals surface area contributed by atoms with E-state index < -0.39 is 0 Å². The van der Waals surface area contributed by atoms with Crippen LogP contribution in [0.2, 0.25) is 0 Å². The average Bonchev–Trinajstić information content (AvgIpc) is 2.08. The Labute approximate surface area is 78.5 Å². The lowest BCUT2D eigenvalue weighted by molar-refractivity contribution is -0.135. The second kappa shape index (κ2) is 5.00. The van der Waals surface area contributed by atoms with Gasteiger partial charge in [0.05, 0.1) is 0 Å². The number of carbonyl (C=O) groups excluding carboxylic acids is 2. The van der Waals surface area contributed by atoms with E-state index in [9.17, 15) is 9.59 Å². The van der Waals surface area contributed by atoms with Gasteiger partial charge in [-0.1, -0.05) is 0 Å². The van der Waals surface area contributed by atoms with E-state index in [4.69, 9.17) is 4.74 Å². The predicted molar refractivity (Wildman–Crippen MR) is 48.2 cm³/mol. The maximum atomic E-state index is 10.8. The van der Waals surface area contributed by atoms with Crippen molar-refractivity contribution >= 4 is 12.3 Å². The number of ether oxygens (including phenoxy) is 1. The Bertz CT molecular complexity index is 181. The van der Waals surface area contributed by atoms with Gasteiger partial charge < -0.3 is 9.53 Å². The number of hydrogen-bond donors (Lipinski definition) is 0. The molecule has 1 aliphatic rings. The first-order chi connectivity index (χ1) is 6.22. The second-order valence-electron chi connectivity index (χ2n) is 3.78. The SMILES string of the molecule is CC(=O)CC1CCC(OC=O)CC1. The summed E-state index contributed by atoms with van der Waals surface area (Å²) < 4.78 is 4.87. The zero-order valence-corrected chi connectivity index (χ0v) is 7.99. The van der Waals surface area contributed by atoms with Crippen LogP contribution in [-0.4, -0.2) is 18.4 Å². The van der Waals surface area contributed by atoms with Crippen molar-refractivity contribution in [1.82, 2.24) is 0 Å². The van der Waals surface area contributed by atoms with Gasteiger partial charge in [-0.15, -0.1) is 0 Å². The van der Waals surface area contributed by atoms with Crippen molar-refractivity contribution in [2.75, 3.05) is 0 Å². The molecule has 3 heteroatoms. The Balaban J connectivity index is 2.22. The van der Waals surface area contributed by atoms with Gasteiger partial charge in [-0.3, -0.25) is 4.79 Å². The van der Waals surface area contributed by atoms with Crippen molar-refractivity contribution in [3.05, 3.63) is 0 Å². The summed E-state index contributed by atoms with van der Waals surface area (Å²) in [4.78, 5) is 20.9. The molecule has 0 aromatic rings. The fourth-order valence-electron chi connectivity index (χ4n) is 1.96. The zero-order chi connectivity index (χ0) is 9.68. The first-order valence-corrected chi connectivity index (χ1v) is 4.81. The molecule has 0 unspecified atom stereocenters. The molecule has 0 heterocycles. The molecule has 0 atom stereocenters. The van der Waals surface area contributed by atoms with Crippen LogP contribution >= 0.6 is 0 Å². The van der Waals surface area contributed by atoms with Crippen molar-refractivity contribution in [1.29, 1.82) is 0 Å². The standard InChI is InChI=1S/C10H16O3/c1-8(12)6-9-2-4-10(5-3-9)13-7-11/h7,9-10H,2-6H2,1H3. The fourth-order valence-corrected chi connectivity index (χ4v) is 1.96. The minimum Gasteiger partial charge on any atom is -0.465 e. The van der Waals surface area contributed by atoms with Gasteiger partial charge in [0.1, 0.15) is 11.9 Å². The second-order valence-corrected chi connectivity index (χ2v) is 3.78. The van der Waals surface area contributed by atoms with E-state index in [-0.39, 0.29) is 11.9 Å². The Hall–Kier alpha value is -0.860. The van der Waals surface area contributed by atoms with Crippen LogP contribution in [0.5, 0.6) is 0 Å². The molecule has 74 valence electrons. The van der Waals surface area contributed by atoms with Crippen LogP contribution in [-0.2, 0) is 14.3 Å². The van der Waals surface area contributed by atoms with Crippen LogP contribution < -0.4 is 0 Å². The van der Waals surface area contributed by atoms with Gasteiger partial charge in [-0.2, -0.15) is 0 Å². The molecule has 3 nitrogen and oxygen atoms in total. The van der Waals surface area contributed by atoms with Crippen molar-refractivity contribution in [2.45, 2.75) is 45.1 Å². The smallest absolute Gasteiger partial charge is 0.293 e. The molecule has 1 fully saturated rings. The van der Waals surface area contributed by atoms with Crippen molar-refractivity contribution in [3.8, 4) is 0 Å². The van der Waals surface area contributed by atoms with Crippen molar-refractivity contribution in [3.63, 3.8) is 0 Å². The van der Waals surface area contributed by atoms with Crippen LogP contribution in [0.1, 0.15) is 39.0 Å². The third kappa shape index (κ3) is 3.57. The molecular formula is C10H16O3. The number of rotatable bonds is 4. The topological polar surface area (TPSA) is 43.4 Å². The quantitative estimate of drug-likeness (QED) is 0.624. The third-order valence-corrected chi connectivity index (χ3v) is 2.62. The number of ketones is 1. The minimum atomic E-state index is 0.0979. The van der Waals surface area contributed by atoms with Gasteiger partial charge in [0.15, 0.2) is 0 Å². The minimum absolute atomic E-state index is 0.0979. The molecule has 0 radical (unpaired) electrons. The molecule has 0 aromatic carbocycles. The van der Waals surface area contributed by atoms with Gasteiger partial charge in [0, 0.05) is 6.42 Å². The van der Waals surface area contributed by atoms with E-state index in [1.807, 2.05) is 0 Å². The molecule has 0 aliphatic heterocycles. The normalized spacial score (nSPS) is 28.1. The molecule has 0 spiro atoms. The summed E-state index contributed by atoms with van der Waals surface area (Å²) in [6, 6.07) is 0. The van der Waals surface area contributed by atoms with Gasteiger partial charge in [0.2, 0.25) is 0 Å². The maximum absolute atomic E-state index is 10.8. The molecule has 13 heavy (non-hydrogen) atoms. The molecule has 1 rings (SSSR count). The van der Waals surface area contributed by atoms with E-state index in [1.54, 1.807) is 6.92 Å². The van der Waals surface area contributed by atoms with Gasteiger partial charge >= 0.3 is 0 Å². The van der Waals surface area contributed by atoms with E-state index in [0.717, 1.165) is 25.7 Å². The molecule has 1 aliphatic carbocycles. The summed E-state index contributed by atoms with van der Waals surface area (Å²) in [5.41, 5.74) is 0. The fraction of sp³-hybridized carbons (Fsp3) is 0.800. The Kier molecular flexibility index (Phi) is 3.93. The summed E-state index contributed by atoms with van der Waals surface area (Å²) in [6.45, 7) is 2.16. The summed E-state index contributed by atoms with van der Waals surface area (Å²) in [5.74, 6) is 0.781. The number of hydrogen-bond acceptors (Lipinski definition) is 3. The van der Waals surface area contributed by atoms with Gasteiger partial charge in [0.25, 0.3) is 6.47 Å². The molecule has 0 saturated heterocycles. The highest BCUT2D eigenvalue weighted by Gasteiger charge is 2.22. The van der Waals surface area contributed by atoms with E-state index in [0.29, 0.717) is 18.8 Å². The lowest BCUT2D eigenvalue weighted by Crippen LogP contribution is -2.22. The monoisotopic (exact) mass is 184 g/mol. The molecule has 0 bridgehead atoms. The summed E-state index contributed by atoms with van der Waals surface area (Å²) in [5, 5.41) is 0. The molecule has 0 aromatic heterocycles. The van der Waals surface area contributed by atoms with Crippen molar-refractivity contribution in [2.24, 2.45) is 5.92 Å². The Morgan fingerprint density at radius 2 is 2.00 bits per heavy atom. The van der Waals surface area contributed by atoms with E-state index in [1.165, 1.54) is 0 Å². The Morgan fingerprint density at radius 3 is 2.46 bits per heavy atom. The average molecular weight is 184 g/mol. The third-order valence-electron chi connectivity index (χ3n) is 2.62. The van der Waals surface area contributed by atoms with E-state index >= 15 is 0 Å². The lowest BCUT2D eigenvalue weighted by atomic mass is 9.84. The highest BCUT2D eigenvalue weighted by Crippen LogP contribution is 2.28. The van der Waals surface area contributed by atoms with Crippen molar-refractivity contribution < 1.29 is 14.3 Å². The number of carbonyl (C=O) groups is 2. The predicted octanol–water partition coefficient (Wildman–Crippen LogP) is 1.70. The molecule has 1 saturated carbocycles. The lowest BCUT2D eigenvalue weighted by Gasteiger charge is -2.26. The van der Waals surface area contributed by atoms with Gasteiger partial charge in [-0.05, 0) is 38.5 Å². The summed E-state index contributed by atoms with van der Waals surface area (Å²) in [7, 11) is 0. The first kappa shape index (κ1) is 10.2. The molecule has 0 amide bonds. The van der Waals surface area contributed by atoms with E-state index in [2.05, 4.69) is 0 Å². The molecular weight excluding hydrogens is 168 g/mol. The van der Waals surface area contributed by atoms with Crippen LogP contribution in [0, 0.1) is 5.92 Å². The highest BCUT2D eigenvalue weighted by atomic mass is 16.5. The van der Waals surface area contributed by atoms with Crippen LogP contribution in [0.4, 0.5) is 0 Å². The highest BCUT2D eigenvalue weighted by molar-refractivity contribution is 5.75. The number of Topliss-reactive ketones (excluding diaryl/α,β-unsaturated/α-hetero) is 1. The first-order valence-electron chi connectivity index (χ1n) is 4.81. The van der Waals surface area contributed by atoms with Crippen LogP contribution in [0.25, 0.3) is 0 Å². The van der Waals surface area contributed by atoms with Crippen LogP contribution in [0.3, 0.4) is 0 Å². The van der Waals surface area contributed by atoms with Crippen LogP contribution in [0.15, 0.2) is 0 Å². The summed E-state index contributed by atoms with van der Waals surface area (Å²) >= 11 is 0. The maximum Gasteiger partial charge on any atom is 0.293 e. The zero-order valence-electron chi connectivity index (χ0n) is 7.99. The molecule has 0 N–H and O–H groups in total. The van der Waals surface area contributed by atoms with Gasteiger partial charge in [-0.25, -0.2) is 0 Å².